The van der Waals surface area contributed by atoms with Crippen LogP contribution in [-0.4, -0.2) is 16.1 Å². The lowest BCUT2D eigenvalue weighted by atomic mass is 10.1. The standard InChI is InChI=1S/C13H18BrN3S/c1-3-6-15-10(11-4-5-12(14)18-11)9-13-16-7-8-17(13)2/h4-5,7-8,10,15H,3,6,9H2,1-2H3. The maximum absolute atomic E-state index is 4.41. The zero-order chi connectivity index (χ0) is 13.0. The number of nitrogens with zero attached hydrogens (tertiary/aromatic N) is 2. The minimum atomic E-state index is 0.349. The summed E-state index contributed by atoms with van der Waals surface area (Å²) in [6, 6.07) is 4.65. The van der Waals surface area contributed by atoms with Gasteiger partial charge in [0.1, 0.15) is 5.82 Å². The topological polar surface area (TPSA) is 29.9 Å². The number of thiophene rings is 1. The predicted octanol–water partition coefficient (Wildman–Crippen LogP) is 3.53. The molecule has 0 aliphatic heterocycles. The minimum Gasteiger partial charge on any atom is -0.338 e. The molecule has 2 heterocycles. The highest BCUT2D eigenvalue weighted by atomic mass is 79.9. The third kappa shape index (κ3) is 3.43. The van der Waals surface area contributed by atoms with Gasteiger partial charge in [0.25, 0.3) is 0 Å². The molecule has 0 aromatic carbocycles. The number of hydrogen-bond acceptors (Lipinski definition) is 3. The SMILES string of the molecule is CCCNC(Cc1nccn1C)c1ccc(Br)s1. The van der Waals surface area contributed by atoms with Crippen LogP contribution in [0.1, 0.15) is 30.1 Å². The molecule has 5 heteroatoms. The van der Waals surface area contributed by atoms with Gasteiger partial charge in [0.2, 0.25) is 0 Å². The van der Waals surface area contributed by atoms with Gasteiger partial charge in [-0.05, 0) is 41.0 Å². The minimum absolute atomic E-state index is 0.349. The van der Waals surface area contributed by atoms with Crippen LogP contribution in [0.2, 0.25) is 0 Å². The van der Waals surface area contributed by atoms with E-state index >= 15 is 0 Å². The lowest BCUT2D eigenvalue weighted by Crippen LogP contribution is -2.24. The Morgan fingerprint density at radius 3 is 2.89 bits per heavy atom. The van der Waals surface area contributed by atoms with E-state index in [0.717, 1.165) is 25.2 Å². The van der Waals surface area contributed by atoms with Gasteiger partial charge < -0.3 is 9.88 Å². The maximum atomic E-state index is 4.41. The van der Waals surface area contributed by atoms with Crippen molar-refractivity contribution < 1.29 is 0 Å². The van der Waals surface area contributed by atoms with E-state index < -0.39 is 0 Å². The molecule has 1 N–H and O–H groups in total. The molecule has 2 rings (SSSR count). The summed E-state index contributed by atoms with van der Waals surface area (Å²) in [7, 11) is 2.05. The molecule has 0 saturated carbocycles. The van der Waals surface area contributed by atoms with E-state index in [1.807, 2.05) is 19.4 Å². The molecule has 0 bridgehead atoms. The van der Waals surface area contributed by atoms with Crippen LogP contribution in [0.4, 0.5) is 0 Å². The Bertz CT molecular complexity index is 492. The number of nitrogens with one attached hydrogen (secondary N) is 1. The summed E-state index contributed by atoms with van der Waals surface area (Å²) < 4.78 is 3.27. The molecular formula is C13H18BrN3S. The Morgan fingerprint density at radius 1 is 1.50 bits per heavy atom. The first kappa shape index (κ1) is 13.8. The number of hydrogen-bond donors (Lipinski definition) is 1. The highest BCUT2D eigenvalue weighted by Crippen LogP contribution is 2.29. The number of imidazole rings is 1. The smallest absolute Gasteiger partial charge is 0.110 e. The number of aryl methyl sites for hydroxylation is 1. The average molecular weight is 328 g/mol. The first-order valence-electron chi connectivity index (χ1n) is 6.15. The molecule has 18 heavy (non-hydrogen) atoms. The van der Waals surface area contributed by atoms with Crippen molar-refractivity contribution in [2.45, 2.75) is 25.8 Å². The second-order valence-electron chi connectivity index (χ2n) is 4.31. The summed E-state index contributed by atoms with van der Waals surface area (Å²) in [5.74, 6) is 1.12. The van der Waals surface area contributed by atoms with Crippen LogP contribution in [0.3, 0.4) is 0 Å². The van der Waals surface area contributed by atoms with E-state index in [-0.39, 0.29) is 0 Å². The van der Waals surface area contributed by atoms with Gasteiger partial charge in [0.15, 0.2) is 0 Å². The Kier molecular flexibility index (Phi) is 4.97. The predicted molar refractivity (Wildman–Crippen MR) is 80.0 cm³/mol. The van der Waals surface area contributed by atoms with Crippen LogP contribution in [0, 0.1) is 0 Å². The summed E-state index contributed by atoms with van der Waals surface area (Å²) in [6.07, 6.45) is 5.92. The first-order chi connectivity index (χ1) is 8.70. The van der Waals surface area contributed by atoms with E-state index in [9.17, 15) is 0 Å². The first-order valence-corrected chi connectivity index (χ1v) is 7.76. The molecule has 98 valence electrons. The van der Waals surface area contributed by atoms with Crippen LogP contribution >= 0.6 is 27.3 Å². The van der Waals surface area contributed by atoms with Crippen molar-refractivity contribution in [1.82, 2.24) is 14.9 Å². The second-order valence-corrected chi connectivity index (χ2v) is 6.80. The van der Waals surface area contributed by atoms with Crippen molar-refractivity contribution in [2.75, 3.05) is 6.54 Å². The zero-order valence-electron chi connectivity index (χ0n) is 10.7. The molecule has 2 aromatic heterocycles. The molecule has 0 fully saturated rings. The monoisotopic (exact) mass is 327 g/mol. The number of aromatic nitrogens is 2. The van der Waals surface area contributed by atoms with Gasteiger partial charge in [-0.1, -0.05) is 6.92 Å². The average Bonchev–Trinajstić information content (AvgIpc) is 2.94. The molecule has 0 radical (unpaired) electrons. The Hall–Kier alpha value is -0.650. The third-order valence-corrected chi connectivity index (χ3v) is 4.62. The lowest BCUT2D eigenvalue weighted by Gasteiger charge is -2.16. The van der Waals surface area contributed by atoms with E-state index in [4.69, 9.17) is 0 Å². The summed E-state index contributed by atoms with van der Waals surface area (Å²) in [4.78, 5) is 5.77. The Labute approximate surface area is 120 Å². The van der Waals surface area contributed by atoms with E-state index in [1.165, 1.54) is 8.66 Å². The normalized spacial score (nSPS) is 12.8. The van der Waals surface area contributed by atoms with Gasteiger partial charge in [0, 0.05) is 36.8 Å². The molecule has 0 amide bonds. The van der Waals surface area contributed by atoms with Crippen molar-refractivity contribution in [2.24, 2.45) is 7.05 Å². The molecule has 0 saturated heterocycles. The van der Waals surface area contributed by atoms with Gasteiger partial charge in [-0.25, -0.2) is 4.98 Å². The highest BCUT2D eigenvalue weighted by molar-refractivity contribution is 9.11. The van der Waals surface area contributed by atoms with Gasteiger partial charge in [-0.2, -0.15) is 0 Å². The molecule has 1 unspecified atom stereocenters. The molecule has 2 aromatic rings. The van der Waals surface area contributed by atoms with Crippen molar-refractivity contribution in [3.8, 4) is 0 Å². The van der Waals surface area contributed by atoms with Gasteiger partial charge in [-0.15, -0.1) is 11.3 Å². The van der Waals surface area contributed by atoms with Crippen LogP contribution in [0.15, 0.2) is 28.3 Å². The zero-order valence-corrected chi connectivity index (χ0v) is 13.1. The molecule has 1 atom stereocenters. The van der Waals surface area contributed by atoms with Gasteiger partial charge in [-0.3, -0.25) is 0 Å². The molecule has 3 nitrogen and oxygen atoms in total. The van der Waals surface area contributed by atoms with E-state index in [0.29, 0.717) is 6.04 Å². The van der Waals surface area contributed by atoms with Gasteiger partial charge in [0.05, 0.1) is 3.79 Å². The molecule has 0 aliphatic rings. The number of halogens is 1. The molecule has 0 spiro atoms. The second kappa shape index (κ2) is 6.50. The van der Waals surface area contributed by atoms with Crippen molar-refractivity contribution in [1.29, 1.82) is 0 Å². The quantitative estimate of drug-likeness (QED) is 0.879. The van der Waals surface area contributed by atoms with Crippen molar-refractivity contribution >= 4 is 27.3 Å². The Balaban J connectivity index is 2.12. The fraction of sp³-hybridized carbons (Fsp3) is 0.462. The van der Waals surface area contributed by atoms with Crippen LogP contribution in [0.5, 0.6) is 0 Å². The van der Waals surface area contributed by atoms with Crippen LogP contribution in [0.25, 0.3) is 0 Å². The lowest BCUT2D eigenvalue weighted by molar-refractivity contribution is 0.519. The van der Waals surface area contributed by atoms with Crippen molar-refractivity contribution in [3.63, 3.8) is 0 Å². The fourth-order valence-corrected chi connectivity index (χ4v) is 3.38. The number of rotatable bonds is 6. The van der Waals surface area contributed by atoms with Crippen molar-refractivity contribution in [3.05, 3.63) is 39.0 Å². The Morgan fingerprint density at radius 2 is 2.33 bits per heavy atom. The largest absolute Gasteiger partial charge is 0.338 e. The van der Waals surface area contributed by atoms with Crippen LogP contribution < -0.4 is 5.32 Å². The van der Waals surface area contributed by atoms with Gasteiger partial charge >= 0.3 is 0 Å². The molecular weight excluding hydrogens is 310 g/mol. The molecule has 0 aliphatic carbocycles. The highest BCUT2D eigenvalue weighted by Gasteiger charge is 2.15. The van der Waals surface area contributed by atoms with E-state index in [1.54, 1.807) is 11.3 Å². The maximum Gasteiger partial charge on any atom is 0.110 e. The summed E-state index contributed by atoms with van der Waals surface area (Å²) in [5, 5.41) is 3.60. The van der Waals surface area contributed by atoms with Crippen LogP contribution in [-0.2, 0) is 13.5 Å². The summed E-state index contributed by atoms with van der Waals surface area (Å²) in [6.45, 7) is 3.22. The van der Waals surface area contributed by atoms with E-state index in [2.05, 4.69) is 49.9 Å². The fourth-order valence-electron chi connectivity index (χ4n) is 1.88. The third-order valence-electron chi connectivity index (χ3n) is 2.89. The summed E-state index contributed by atoms with van der Waals surface area (Å²) in [5.41, 5.74) is 0. The summed E-state index contributed by atoms with van der Waals surface area (Å²) >= 11 is 5.32.